The number of sulfone groups is 1. The highest BCUT2D eigenvalue weighted by Crippen LogP contribution is 2.27. The van der Waals surface area contributed by atoms with Crippen LogP contribution >= 0.6 is 0 Å². The van der Waals surface area contributed by atoms with Gasteiger partial charge in [0.1, 0.15) is 18.4 Å². The topological polar surface area (TPSA) is 114 Å². The second-order valence-corrected chi connectivity index (χ2v) is 8.10. The van der Waals surface area contributed by atoms with Gasteiger partial charge in [-0.25, -0.2) is 18.1 Å². The number of phenols is 1. The Hall–Kier alpha value is -3.20. The third-order valence-corrected chi connectivity index (χ3v) is 5.71. The van der Waals surface area contributed by atoms with E-state index >= 15 is 0 Å². The van der Waals surface area contributed by atoms with Gasteiger partial charge in [-0.2, -0.15) is 5.10 Å². The van der Waals surface area contributed by atoms with Gasteiger partial charge in [0, 0.05) is 5.56 Å². The predicted molar refractivity (Wildman–Crippen MR) is 99.4 cm³/mol. The number of anilines is 1. The zero-order chi connectivity index (χ0) is 19.4. The van der Waals surface area contributed by atoms with E-state index in [0.29, 0.717) is 12.1 Å². The molecule has 3 rings (SSSR count). The van der Waals surface area contributed by atoms with E-state index in [4.69, 9.17) is 0 Å². The quantitative estimate of drug-likeness (QED) is 0.627. The summed E-state index contributed by atoms with van der Waals surface area (Å²) < 4.78 is 25.6. The number of rotatable bonds is 6. The number of nitrogens with zero attached hydrogens (tertiary/aromatic N) is 3. The zero-order valence-corrected chi connectivity index (χ0v) is 15.3. The second kappa shape index (κ2) is 7.58. The standard InChI is InChI=1S/C18H18N4O4S/c1-2-27(25,26)15-7-8-17(23)16(9-15)21-18(24)14-5-3-13(4-6-14)10-22-12-19-11-20-22/h3-9,11-12,23H,2,10H2,1H3,(H,21,24). The van der Waals surface area contributed by atoms with Crippen molar-refractivity contribution in [1.29, 1.82) is 0 Å². The van der Waals surface area contributed by atoms with E-state index in [9.17, 15) is 18.3 Å². The lowest BCUT2D eigenvalue weighted by Gasteiger charge is -2.10. The van der Waals surface area contributed by atoms with Crippen molar-refractivity contribution in [2.45, 2.75) is 18.4 Å². The highest BCUT2D eigenvalue weighted by Gasteiger charge is 2.16. The first-order valence-corrected chi connectivity index (χ1v) is 9.83. The number of amides is 1. The number of carbonyl (C=O) groups is 1. The maximum Gasteiger partial charge on any atom is 0.255 e. The Balaban J connectivity index is 1.76. The molecule has 1 aromatic heterocycles. The molecule has 0 spiro atoms. The summed E-state index contributed by atoms with van der Waals surface area (Å²) in [6.45, 7) is 2.06. The minimum atomic E-state index is -3.44. The maximum absolute atomic E-state index is 12.4. The first-order valence-electron chi connectivity index (χ1n) is 8.17. The fourth-order valence-corrected chi connectivity index (χ4v) is 3.34. The molecule has 140 valence electrons. The average molecular weight is 386 g/mol. The minimum absolute atomic E-state index is 0.0428. The molecule has 9 heteroatoms. The van der Waals surface area contributed by atoms with Crippen molar-refractivity contribution < 1.29 is 18.3 Å². The lowest BCUT2D eigenvalue weighted by Crippen LogP contribution is -2.13. The van der Waals surface area contributed by atoms with Crippen LogP contribution in [0.4, 0.5) is 5.69 Å². The predicted octanol–water partition coefficient (Wildman–Crippen LogP) is 2.08. The van der Waals surface area contributed by atoms with E-state index in [0.717, 1.165) is 5.56 Å². The van der Waals surface area contributed by atoms with Crippen molar-refractivity contribution in [1.82, 2.24) is 14.8 Å². The number of aromatic nitrogens is 3. The van der Waals surface area contributed by atoms with Gasteiger partial charge in [-0.15, -0.1) is 0 Å². The Kier molecular flexibility index (Phi) is 5.22. The van der Waals surface area contributed by atoms with Crippen molar-refractivity contribution in [3.63, 3.8) is 0 Å². The second-order valence-electron chi connectivity index (χ2n) is 5.83. The SMILES string of the molecule is CCS(=O)(=O)c1ccc(O)c(NC(=O)c2ccc(Cn3cncn3)cc2)c1. The van der Waals surface area contributed by atoms with Gasteiger partial charge < -0.3 is 10.4 Å². The Morgan fingerprint density at radius 2 is 1.93 bits per heavy atom. The van der Waals surface area contributed by atoms with Gasteiger partial charge in [-0.1, -0.05) is 19.1 Å². The van der Waals surface area contributed by atoms with E-state index in [1.54, 1.807) is 35.3 Å². The molecule has 27 heavy (non-hydrogen) atoms. The van der Waals surface area contributed by atoms with Crippen LogP contribution in [0.15, 0.2) is 60.0 Å². The molecule has 3 aromatic rings. The molecule has 0 bridgehead atoms. The van der Waals surface area contributed by atoms with Crippen molar-refractivity contribution in [2.75, 3.05) is 11.1 Å². The molecule has 0 radical (unpaired) electrons. The lowest BCUT2D eigenvalue weighted by molar-refractivity contribution is 0.102. The molecule has 0 aliphatic heterocycles. The van der Waals surface area contributed by atoms with Gasteiger partial charge in [-0.05, 0) is 35.9 Å². The highest BCUT2D eigenvalue weighted by molar-refractivity contribution is 7.91. The molecule has 0 saturated heterocycles. The van der Waals surface area contributed by atoms with Crippen LogP contribution in [-0.2, 0) is 16.4 Å². The van der Waals surface area contributed by atoms with Crippen LogP contribution in [-0.4, -0.2) is 39.9 Å². The molecule has 0 unspecified atom stereocenters. The number of carbonyl (C=O) groups excluding carboxylic acids is 1. The van der Waals surface area contributed by atoms with E-state index in [-0.39, 0.29) is 22.1 Å². The molecular formula is C18H18N4O4S. The Bertz CT molecular complexity index is 1050. The first kappa shape index (κ1) is 18.6. The number of benzene rings is 2. The van der Waals surface area contributed by atoms with E-state index < -0.39 is 15.7 Å². The van der Waals surface area contributed by atoms with Crippen LogP contribution < -0.4 is 5.32 Å². The van der Waals surface area contributed by atoms with Gasteiger partial charge in [0.15, 0.2) is 9.84 Å². The number of hydrogen-bond acceptors (Lipinski definition) is 6. The van der Waals surface area contributed by atoms with Crippen LogP contribution in [0.1, 0.15) is 22.8 Å². The summed E-state index contributed by atoms with van der Waals surface area (Å²) in [6, 6.07) is 10.7. The number of aromatic hydroxyl groups is 1. The summed E-state index contributed by atoms with van der Waals surface area (Å²) in [6.07, 6.45) is 3.04. The Morgan fingerprint density at radius 1 is 1.19 bits per heavy atom. The van der Waals surface area contributed by atoms with Crippen molar-refractivity contribution in [3.05, 3.63) is 66.2 Å². The number of nitrogens with one attached hydrogen (secondary N) is 1. The average Bonchev–Trinajstić information content (AvgIpc) is 3.17. The smallest absolute Gasteiger partial charge is 0.255 e. The highest BCUT2D eigenvalue weighted by atomic mass is 32.2. The van der Waals surface area contributed by atoms with Crippen molar-refractivity contribution in [3.8, 4) is 5.75 Å². The van der Waals surface area contributed by atoms with Crippen LogP contribution in [0.2, 0.25) is 0 Å². The fourth-order valence-electron chi connectivity index (χ4n) is 2.43. The van der Waals surface area contributed by atoms with Crippen LogP contribution in [0.3, 0.4) is 0 Å². The molecule has 0 aliphatic rings. The monoisotopic (exact) mass is 386 g/mol. The molecule has 1 heterocycles. The van der Waals surface area contributed by atoms with Gasteiger partial charge >= 0.3 is 0 Å². The van der Waals surface area contributed by atoms with Crippen LogP contribution in [0.5, 0.6) is 5.75 Å². The summed E-state index contributed by atoms with van der Waals surface area (Å²) >= 11 is 0. The van der Waals surface area contributed by atoms with Crippen LogP contribution in [0, 0.1) is 0 Å². The molecule has 1 amide bonds. The molecule has 0 fully saturated rings. The van der Waals surface area contributed by atoms with Gasteiger partial charge in [0.25, 0.3) is 5.91 Å². The van der Waals surface area contributed by atoms with Gasteiger partial charge in [0.2, 0.25) is 0 Å². The molecule has 8 nitrogen and oxygen atoms in total. The summed E-state index contributed by atoms with van der Waals surface area (Å²) in [5.74, 6) is -0.733. The van der Waals surface area contributed by atoms with Gasteiger partial charge in [0.05, 0.1) is 22.9 Å². The minimum Gasteiger partial charge on any atom is -0.506 e. The Labute approximate surface area is 156 Å². The number of phenolic OH excluding ortho intramolecular Hbond substituents is 1. The molecule has 2 N–H and O–H groups in total. The molecule has 0 atom stereocenters. The van der Waals surface area contributed by atoms with E-state index in [1.807, 2.05) is 0 Å². The summed E-state index contributed by atoms with van der Waals surface area (Å²) in [4.78, 5) is 16.3. The molecule has 0 aliphatic carbocycles. The van der Waals surface area contributed by atoms with E-state index in [2.05, 4.69) is 15.4 Å². The van der Waals surface area contributed by atoms with Gasteiger partial charge in [-0.3, -0.25) is 4.79 Å². The van der Waals surface area contributed by atoms with E-state index in [1.165, 1.54) is 31.5 Å². The summed E-state index contributed by atoms with van der Waals surface area (Å²) in [5, 5.41) is 16.5. The molecule has 0 saturated carbocycles. The largest absolute Gasteiger partial charge is 0.506 e. The van der Waals surface area contributed by atoms with Crippen LogP contribution in [0.25, 0.3) is 0 Å². The summed E-state index contributed by atoms with van der Waals surface area (Å²) in [7, 11) is -3.44. The third kappa shape index (κ3) is 4.32. The zero-order valence-electron chi connectivity index (χ0n) is 14.5. The summed E-state index contributed by atoms with van der Waals surface area (Å²) in [5.41, 5.74) is 1.36. The first-order chi connectivity index (χ1) is 12.9. The normalized spacial score (nSPS) is 11.3. The van der Waals surface area contributed by atoms with Crippen molar-refractivity contribution >= 4 is 21.4 Å². The maximum atomic E-state index is 12.4. The molecular weight excluding hydrogens is 368 g/mol. The third-order valence-electron chi connectivity index (χ3n) is 3.98. The van der Waals surface area contributed by atoms with Crippen molar-refractivity contribution in [2.24, 2.45) is 0 Å². The number of hydrogen-bond donors (Lipinski definition) is 2. The fraction of sp³-hybridized carbons (Fsp3) is 0.167. The lowest BCUT2D eigenvalue weighted by atomic mass is 10.1. The molecule has 2 aromatic carbocycles. The Morgan fingerprint density at radius 3 is 2.56 bits per heavy atom.